The molecule has 1 aromatic rings. The van der Waals surface area contributed by atoms with Gasteiger partial charge in [0.15, 0.2) is 0 Å². The molecule has 0 bridgehead atoms. The molecule has 0 amide bonds. The van der Waals surface area contributed by atoms with Gasteiger partial charge >= 0.3 is 5.97 Å². The summed E-state index contributed by atoms with van der Waals surface area (Å²) in [5.74, 6) is -0.905. The van der Waals surface area contributed by atoms with E-state index in [1.54, 1.807) is 0 Å². The van der Waals surface area contributed by atoms with Crippen LogP contribution in [-0.2, 0) is 10.2 Å². The summed E-state index contributed by atoms with van der Waals surface area (Å²) in [6, 6.07) is 5.36. The average Bonchev–Trinajstić information content (AvgIpc) is 2.97. The summed E-state index contributed by atoms with van der Waals surface area (Å²) in [4.78, 5) is 11.0. The van der Waals surface area contributed by atoms with E-state index < -0.39 is 12.0 Å². The van der Waals surface area contributed by atoms with Crippen LogP contribution in [0.2, 0.25) is 0 Å². The topological polar surface area (TPSA) is 63.3 Å². The van der Waals surface area contributed by atoms with Gasteiger partial charge in [0.1, 0.15) is 6.04 Å². The lowest BCUT2D eigenvalue weighted by Crippen LogP contribution is -2.42. The number of carboxylic acid groups (broad SMARTS) is 1. The Kier molecular flexibility index (Phi) is 2.50. The Hall–Kier alpha value is -1.35. The number of carbonyl (C=O) groups is 1. The zero-order chi connectivity index (χ0) is 11.9. The predicted molar refractivity (Wildman–Crippen MR) is 62.4 cm³/mol. The molecule has 16 heavy (non-hydrogen) atoms. The van der Waals surface area contributed by atoms with Gasteiger partial charge in [0.2, 0.25) is 0 Å². The highest BCUT2D eigenvalue weighted by Crippen LogP contribution is 2.51. The standard InChI is InChI=1S/C13H17NO2/c1-8-3-4-10(9(2)7-8)13(5-6-13)11(14)12(15)16/h3-4,7,11H,5-6,14H2,1-2H3,(H,15,16). The van der Waals surface area contributed by atoms with Gasteiger partial charge in [-0.25, -0.2) is 0 Å². The van der Waals surface area contributed by atoms with Crippen molar-refractivity contribution >= 4 is 5.97 Å². The molecule has 86 valence electrons. The molecule has 0 spiro atoms. The minimum absolute atomic E-state index is 0.316. The van der Waals surface area contributed by atoms with Crippen molar-refractivity contribution in [3.8, 4) is 0 Å². The summed E-state index contributed by atoms with van der Waals surface area (Å²) >= 11 is 0. The first-order valence-electron chi connectivity index (χ1n) is 5.53. The van der Waals surface area contributed by atoms with E-state index in [1.807, 2.05) is 26.0 Å². The summed E-state index contributed by atoms with van der Waals surface area (Å²) in [7, 11) is 0. The molecule has 1 fully saturated rings. The second-order valence-electron chi connectivity index (χ2n) is 4.79. The third-order valence-corrected chi connectivity index (χ3v) is 3.57. The molecule has 1 unspecified atom stereocenters. The molecule has 2 rings (SSSR count). The number of carboxylic acids is 1. The maximum Gasteiger partial charge on any atom is 0.321 e. The molecular weight excluding hydrogens is 202 g/mol. The Balaban J connectivity index is 2.40. The fourth-order valence-electron chi connectivity index (χ4n) is 2.49. The maximum atomic E-state index is 11.0. The van der Waals surface area contributed by atoms with Crippen molar-refractivity contribution in [2.45, 2.75) is 38.1 Å². The zero-order valence-electron chi connectivity index (χ0n) is 9.66. The lowest BCUT2D eigenvalue weighted by Gasteiger charge is -2.22. The molecule has 0 saturated heterocycles. The van der Waals surface area contributed by atoms with Crippen LogP contribution in [0.1, 0.15) is 29.5 Å². The third kappa shape index (κ3) is 1.61. The molecule has 1 aromatic carbocycles. The van der Waals surface area contributed by atoms with Crippen LogP contribution in [0.4, 0.5) is 0 Å². The third-order valence-electron chi connectivity index (χ3n) is 3.57. The second kappa shape index (κ2) is 3.59. The van der Waals surface area contributed by atoms with Crippen LogP contribution in [0.3, 0.4) is 0 Å². The van der Waals surface area contributed by atoms with E-state index in [0.717, 1.165) is 24.0 Å². The van der Waals surface area contributed by atoms with Crippen molar-refractivity contribution in [2.24, 2.45) is 5.73 Å². The monoisotopic (exact) mass is 219 g/mol. The van der Waals surface area contributed by atoms with Crippen molar-refractivity contribution in [1.82, 2.24) is 0 Å². The minimum atomic E-state index is -0.905. The fourth-order valence-corrected chi connectivity index (χ4v) is 2.49. The van der Waals surface area contributed by atoms with E-state index in [1.165, 1.54) is 5.56 Å². The van der Waals surface area contributed by atoms with Crippen LogP contribution in [0.15, 0.2) is 18.2 Å². The molecule has 0 aliphatic heterocycles. The normalized spacial score (nSPS) is 19.2. The summed E-state index contributed by atoms with van der Waals surface area (Å²) in [5, 5.41) is 9.04. The number of aryl methyl sites for hydroxylation is 2. The van der Waals surface area contributed by atoms with Gasteiger partial charge < -0.3 is 10.8 Å². The molecular formula is C13H17NO2. The molecule has 3 heteroatoms. The van der Waals surface area contributed by atoms with E-state index in [0.29, 0.717) is 0 Å². The van der Waals surface area contributed by atoms with E-state index in [-0.39, 0.29) is 5.41 Å². The van der Waals surface area contributed by atoms with Gasteiger partial charge in [-0.2, -0.15) is 0 Å². The predicted octanol–water partition coefficient (Wildman–Crippen LogP) is 1.75. The van der Waals surface area contributed by atoms with Crippen molar-refractivity contribution in [3.05, 3.63) is 34.9 Å². The van der Waals surface area contributed by atoms with Crippen LogP contribution in [0.25, 0.3) is 0 Å². The van der Waals surface area contributed by atoms with E-state index in [9.17, 15) is 4.79 Å². The van der Waals surface area contributed by atoms with Gasteiger partial charge in [0.05, 0.1) is 0 Å². The average molecular weight is 219 g/mol. The first kappa shape index (κ1) is 11.1. The van der Waals surface area contributed by atoms with Crippen LogP contribution in [0.5, 0.6) is 0 Å². The molecule has 1 aliphatic carbocycles. The van der Waals surface area contributed by atoms with Gasteiger partial charge in [0.25, 0.3) is 0 Å². The lowest BCUT2D eigenvalue weighted by atomic mass is 9.85. The van der Waals surface area contributed by atoms with Crippen molar-refractivity contribution in [2.75, 3.05) is 0 Å². The molecule has 3 nitrogen and oxygen atoms in total. The Bertz CT molecular complexity index is 436. The summed E-state index contributed by atoms with van der Waals surface area (Å²) in [6.45, 7) is 4.06. The Morgan fingerprint density at radius 3 is 2.50 bits per heavy atom. The number of hydrogen-bond acceptors (Lipinski definition) is 2. The second-order valence-corrected chi connectivity index (χ2v) is 4.79. The molecule has 0 aromatic heterocycles. The molecule has 0 heterocycles. The largest absolute Gasteiger partial charge is 0.480 e. The first-order chi connectivity index (χ1) is 7.47. The minimum Gasteiger partial charge on any atom is -0.480 e. The molecule has 3 N–H and O–H groups in total. The summed E-state index contributed by atoms with van der Waals surface area (Å²) in [5.41, 5.74) is 8.93. The van der Waals surface area contributed by atoms with Crippen molar-refractivity contribution in [3.63, 3.8) is 0 Å². The molecule has 0 radical (unpaired) electrons. The van der Waals surface area contributed by atoms with Gasteiger partial charge in [-0.1, -0.05) is 23.8 Å². The maximum absolute atomic E-state index is 11.0. The van der Waals surface area contributed by atoms with Crippen LogP contribution in [0, 0.1) is 13.8 Å². The van der Waals surface area contributed by atoms with Gasteiger partial charge in [0, 0.05) is 5.41 Å². The highest BCUT2D eigenvalue weighted by atomic mass is 16.4. The number of hydrogen-bond donors (Lipinski definition) is 2. The first-order valence-corrected chi connectivity index (χ1v) is 5.53. The Labute approximate surface area is 95.3 Å². The number of aliphatic carboxylic acids is 1. The number of rotatable bonds is 3. The number of nitrogens with two attached hydrogens (primary N) is 1. The smallest absolute Gasteiger partial charge is 0.321 e. The van der Waals surface area contributed by atoms with Crippen molar-refractivity contribution < 1.29 is 9.90 Å². The quantitative estimate of drug-likeness (QED) is 0.814. The van der Waals surface area contributed by atoms with E-state index in [4.69, 9.17) is 10.8 Å². The lowest BCUT2D eigenvalue weighted by molar-refractivity contribution is -0.139. The van der Waals surface area contributed by atoms with Crippen LogP contribution < -0.4 is 5.73 Å². The Morgan fingerprint density at radius 2 is 2.06 bits per heavy atom. The van der Waals surface area contributed by atoms with Crippen LogP contribution >= 0.6 is 0 Å². The van der Waals surface area contributed by atoms with Crippen molar-refractivity contribution in [1.29, 1.82) is 0 Å². The highest BCUT2D eigenvalue weighted by Gasteiger charge is 2.52. The zero-order valence-corrected chi connectivity index (χ0v) is 9.66. The summed E-state index contributed by atoms with van der Waals surface area (Å²) in [6.07, 6.45) is 1.76. The van der Waals surface area contributed by atoms with E-state index >= 15 is 0 Å². The summed E-state index contributed by atoms with van der Waals surface area (Å²) < 4.78 is 0. The SMILES string of the molecule is Cc1ccc(C2(C(N)C(=O)O)CC2)c(C)c1. The molecule has 1 aliphatic rings. The fraction of sp³-hybridized carbons (Fsp3) is 0.462. The number of benzene rings is 1. The Morgan fingerprint density at radius 1 is 1.44 bits per heavy atom. The van der Waals surface area contributed by atoms with Gasteiger partial charge in [-0.15, -0.1) is 0 Å². The van der Waals surface area contributed by atoms with Crippen LogP contribution in [-0.4, -0.2) is 17.1 Å². The van der Waals surface area contributed by atoms with Gasteiger partial charge in [-0.3, -0.25) is 4.79 Å². The highest BCUT2D eigenvalue weighted by molar-refractivity contribution is 5.77. The van der Waals surface area contributed by atoms with Gasteiger partial charge in [-0.05, 0) is 37.8 Å². The van der Waals surface area contributed by atoms with E-state index in [2.05, 4.69) is 6.07 Å². The molecule has 1 saturated carbocycles. The molecule has 1 atom stereocenters.